The van der Waals surface area contributed by atoms with E-state index in [0.717, 1.165) is 16.7 Å². The van der Waals surface area contributed by atoms with Crippen molar-refractivity contribution in [1.29, 1.82) is 0 Å². The van der Waals surface area contributed by atoms with Crippen LogP contribution in [0.3, 0.4) is 0 Å². The maximum absolute atomic E-state index is 13.1. The molecular formula is C27H23FN4O2. The number of carbonyl (C=O) groups excluding carboxylic acids is 2. The molecule has 0 spiro atoms. The van der Waals surface area contributed by atoms with Gasteiger partial charge in [-0.3, -0.25) is 9.59 Å². The maximum Gasteiger partial charge on any atom is 0.272 e. The quantitative estimate of drug-likeness (QED) is 0.420. The van der Waals surface area contributed by atoms with Crippen LogP contribution in [-0.4, -0.2) is 28.3 Å². The smallest absolute Gasteiger partial charge is 0.272 e. The highest BCUT2D eigenvalue weighted by Crippen LogP contribution is 2.23. The molecule has 0 bridgehead atoms. The third kappa shape index (κ3) is 5.69. The molecule has 0 unspecified atom stereocenters. The Labute approximate surface area is 196 Å². The van der Waals surface area contributed by atoms with Crippen LogP contribution in [0.1, 0.15) is 43.6 Å². The van der Waals surface area contributed by atoms with Gasteiger partial charge in [0.05, 0.1) is 0 Å². The normalized spacial score (nSPS) is 10.6. The summed E-state index contributed by atoms with van der Waals surface area (Å²) in [6.07, 6.45) is 2.73. The van der Waals surface area contributed by atoms with Crippen LogP contribution >= 0.6 is 0 Å². The van der Waals surface area contributed by atoms with Crippen LogP contribution in [0.25, 0.3) is 0 Å². The van der Waals surface area contributed by atoms with E-state index in [-0.39, 0.29) is 29.7 Å². The van der Waals surface area contributed by atoms with Gasteiger partial charge in [-0.2, -0.15) is 0 Å². The summed E-state index contributed by atoms with van der Waals surface area (Å²) < 4.78 is 13.1. The Bertz CT molecular complexity index is 1210. The van der Waals surface area contributed by atoms with E-state index in [1.807, 2.05) is 60.7 Å². The van der Waals surface area contributed by atoms with Gasteiger partial charge in [-0.15, -0.1) is 0 Å². The predicted octanol–water partition coefficient (Wildman–Crippen LogP) is 4.11. The number of amides is 2. The fourth-order valence-electron chi connectivity index (χ4n) is 3.62. The van der Waals surface area contributed by atoms with Crippen molar-refractivity contribution in [2.75, 3.05) is 6.54 Å². The molecule has 0 saturated carbocycles. The Kier molecular flexibility index (Phi) is 7.35. The average Bonchev–Trinajstić information content (AvgIpc) is 2.89. The van der Waals surface area contributed by atoms with E-state index >= 15 is 0 Å². The lowest BCUT2D eigenvalue weighted by atomic mass is 9.91. The van der Waals surface area contributed by atoms with E-state index in [1.54, 1.807) is 12.1 Å². The Morgan fingerprint density at radius 2 is 1.21 bits per heavy atom. The van der Waals surface area contributed by atoms with Crippen molar-refractivity contribution in [1.82, 2.24) is 20.6 Å². The number of benzene rings is 3. The van der Waals surface area contributed by atoms with Gasteiger partial charge in [0.15, 0.2) is 11.4 Å². The average molecular weight is 455 g/mol. The summed E-state index contributed by atoms with van der Waals surface area (Å²) in [7, 11) is 0. The van der Waals surface area contributed by atoms with Crippen LogP contribution in [-0.2, 0) is 6.54 Å². The summed E-state index contributed by atoms with van der Waals surface area (Å²) in [6.45, 7) is 0.487. The van der Waals surface area contributed by atoms with Gasteiger partial charge in [-0.25, -0.2) is 14.4 Å². The molecule has 0 saturated heterocycles. The standard InChI is InChI=1S/C27H23FN4O2/c28-22-13-11-19(12-14-22)17-31-26(33)24-25(30-16-15-29-24)27(34)32-18-23(20-7-3-1-4-8-20)21-9-5-2-6-10-21/h1-16,23H,17-18H2,(H,31,33)(H,32,34). The zero-order chi connectivity index (χ0) is 23.8. The molecule has 1 heterocycles. The minimum atomic E-state index is -0.537. The van der Waals surface area contributed by atoms with Gasteiger partial charge < -0.3 is 10.6 Å². The van der Waals surface area contributed by atoms with Crippen molar-refractivity contribution in [3.63, 3.8) is 0 Å². The minimum absolute atomic E-state index is 0.0565. The summed E-state index contributed by atoms with van der Waals surface area (Å²) >= 11 is 0. The Morgan fingerprint density at radius 3 is 1.74 bits per heavy atom. The van der Waals surface area contributed by atoms with Crippen molar-refractivity contribution < 1.29 is 14.0 Å². The summed E-state index contributed by atoms with van der Waals surface area (Å²) in [5.41, 5.74) is 2.71. The third-order valence-corrected chi connectivity index (χ3v) is 5.37. The largest absolute Gasteiger partial charge is 0.350 e. The summed E-state index contributed by atoms with van der Waals surface area (Å²) in [6, 6.07) is 25.6. The van der Waals surface area contributed by atoms with E-state index in [2.05, 4.69) is 20.6 Å². The summed E-state index contributed by atoms with van der Waals surface area (Å²) in [4.78, 5) is 33.9. The second-order valence-electron chi connectivity index (χ2n) is 7.65. The molecule has 3 aromatic carbocycles. The molecule has 6 nitrogen and oxygen atoms in total. The summed E-state index contributed by atoms with van der Waals surface area (Å²) in [5.74, 6) is -1.45. The van der Waals surface area contributed by atoms with Crippen LogP contribution in [0, 0.1) is 5.82 Å². The highest BCUT2D eigenvalue weighted by molar-refractivity contribution is 6.04. The molecule has 2 N–H and O–H groups in total. The van der Waals surface area contributed by atoms with E-state index in [9.17, 15) is 14.0 Å². The van der Waals surface area contributed by atoms with Crippen LogP contribution in [0.2, 0.25) is 0 Å². The van der Waals surface area contributed by atoms with Crippen LogP contribution in [0.5, 0.6) is 0 Å². The lowest BCUT2D eigenvalue weighted by molar-refractivity contribution is 0.0909. The molecule has 4 rings (SSSR count). The first-order valence-corrected chi connectivity index (χ1v) is 10.8. The molecule has 2 amide bonds. The molecule has 1 aromatic heterocycles. The predicted molar refractivity (Wildman–Crippen MR) is 127 cm³/mol. The van der Waals surface area contributed by atoms with E-state index in [0.29, 0.717) is 6.54 Å². The number of hydrogen-bond donors (Lipinski definition) is 2. The number of hydrogen-bond acceptors (Lipinski definition) is 4. The molecule has 170 valence electrons. The Balaban J connectivity index is 1.47. The van der Waals surface area contributed by atoms with Gasteiger partial charge in [0.2, 0.25) is 0 Å². The van der Waals surface area contributed by atoms with Gasteiger partial charge in [0.25, 0.3) is 11.8 Å². The van der Waals surface area contributed by atoms with Gasteiger partial charge in [-0.1, -0.05) is 72.8 Å². The van der Waals surface area contributed by atoms with Gasteiger partial charge in [-0.05, 0) is 28.8 Å². The molecular weight excluding hydrogens is 431 g/mol. The molecule has 34 heavy (non-hydrogen) atoms. The monoisotopic (exact) mass is 454 g/mol. The van der Waals surface area contributed by atoms with E-state index in [1.165, 1.54) is 24.5 Å². The highest BCUT2D eigenvalue weighted by Gasteiger charge is 2.22. The van der Waals surface area contributed by atoms with E-state index < -0.39 is 11.8 Å². The lowest BCUT2D eigenvalue weighted by Crippen LogP contribution is -2.33. The first-order chi connectivity index (χ1) is 16.6. The zero-order valence-electron chi connectivity index (χ0n) is 18.3. The summed E-state index contributed by atoms with van der Waals surface area (Å²) in [5, 5.41) is 5.61. The highest BCUT2D eigenvalue weighted by atomic mass is 19.1. The van der Waals surface area contributed by atoms with E-state index in [4.69, 9.17) is 0 Å². The van der Waals surface area contributed by atoms with Crippen molar-refractivity contribution >= 4 is 11.8 Å². The first-order valence-electron chi connectivity index (χ1n) is 10.8. The number of rotatable bonds is 8. The van der Waals surface area contributed by atoms with Gasteiger partial charge >= 0.3 is 0 Å². The van der Waals surface area contributed by atoms with Crippen LogP contribution < -0.4 is 10.6 Å². The number of carbonyl (C=O) groups is 2. The topological polar surface area (TPSA) is 84.0 Å². The van der Waals surface area contributed by atoms with Crippen LogP contribution in [0.15, 0.2) is 97.3 Å². The molecule has 0 aliphatic rings. The number of nitrogens with one attached hydrogen (secondary N) is 2. The van der Waals surface area contributed by atoms with Gasteiger partial charge in [0, 0.05) is 31.4 Å². The molecule has 0 atom stereocenters. The SMILES string of the molecule is O=C(NCc1ccc(F)cc1)c1nccnc1C(=O)NCC(c1ccccc1)c1ccccc1. The second-order valence-corrected chi connectivity index (χ2v) is 7.65. The minimum Gasteiger partial charge on any atom is -0.350 e. The molecule has 0 radical (unpaired) electrons. The van der Waals surface area contributed by atoms with Gasteiger partial charge in [0.1, 0.15) is 5.82 Å². The molecule has 7 heteroatoms. The maximum atomic E-state index is 13.1. The van der Waals surface area contributed by atoms with Crippen molar-refractivity contribution in [2.24, 2.45) is 0 Å². The zero-order valence-corrected chi connectivity index (χ0v) is 18.3. The molecule has 0 aliphatic carbocycles. The molecule has 4 aromatic rings. The Hall–Kier alpha value is -4.39. The first kappa shape index (κ1) is 22.8. The van der Waals surface area contributed by atoms with Crippen molar-refractivity contribution in [2.45, 2.75) is 12.5 Å². The fourth-order valence-corrected chi connectivity index (χ4v) is 3.62. The molecule has 0 fully saturated rings. The number of nitrogens with zero attached hydrogens (tertiary/aromatic N) is 2. The fraction of sp³-hybridized carbons (Fsp3) is 0.111. The second kappa shape index (κ2) is 11.0. The number of halogens is 1. The third-order valence-electron chi connectivity index (χ3n) is 5.37. The van der Waals surface area contributed by atoms with Crippen molar-refractivity contribution in [3.05, 3.63) is 131 Å². The number of aromatic nitrogens is 2. The molecule has 0 aliphatic heterocycles. The lowest BCUT2D eigenvalue weighted by Gasteiger charge is -2.19. The van der Waals surface area contributed by atoms with Crippen LogP contribution in [0.4, 0.5) is 4.39 Å². The Morgan fingerprint density at radius 1 is 0.706 bits per heavy atom. The van der Waals surface area contributed by atoms with Crippen molar-refractivity contribution in [3.8, 4) is 0 Å².